The lowest BCUT2D eigenvalue weighted by Gasteiger charge is -2.09. The van der Waals surface area contributed by atoms with Crippen molar-refractivity contribution in [2.75, 3.05) is 7.11 Å². The van der Waals surface area contributed by atoms with Crippen molar-refractivity contribution >= 4 is 21.8 Å². The summed E-state index contributed by atoms with van der Waals surface area (Å²) in [4.78, 5) is 15.9. The third-order valence-corrected chi connectivity index (χ3v) is 3.15. The lowest BCUT2D eigenvalue weighted by molar-refractivity contribution is 0.0946. The lowest BCUT2D eigenvalue weighted by atomic mass is 10.2. The molecule has 0 aliphatic heterocycles. The molecule has 0 aliphatic carbocycles. The number of hydrogen-bond donors (Lipinski definition) is 1. The third kappa shape index (κ3) is 3.33. The molecular formula is C14H12BrFN2O2. The van der Waals surface area contributed by atoms with Crippen LogP contribution in [0.2, 0.25) is 0 Å². The largest absolute Gasteiger partial charge is 0.481 e. The third-order valence-electron chi connectivity index (χ3n) is 2.66. The average molecular weight is 339 g/mol. The number of nitrogens with zero attached hydrogens (tertiary/aromatic N) is 1. The first kappa shape index (κ1) is 14.5. The van der Waals surface area contributed by atoms with Gasteiger partial charge in [-0.25, -0.2) is 9.37 Å². The summed E-state index contributed by atoms with van der Waals surface area (Å²) >= 11 is 3.14. The van der Waals surface area contributed by atoms with Gasteiger partial charge >= 0.3 is 0 Å². The van der Waals surface area contributed by atoms with Gasteiger partial charge in [0.1, 0.15) is 5.82 Å². The van der Waals surface area contributed by atoms with Crippen molar-refractivity contribution in [1.29, 1.82) is 0 Å². The van der Waals surface area contributed by atoms with E-state index in [9.17, 15) is 9.18 Å². The molecular weight excluding hydrogens is 327 g/mol. The smallest absolute Gasteiger partial charge is 0.254 e. The quantitative estimate of drug-likeness (QED) is 0.932. The normalized spacial score (nSPS) is 10.2. The standard InChI is InChI=1S/C14H12BrFN2O2/c1-20-14-9(3-2-6-17-14)8-18-13(19)11-5-4-10(15)7-12(11)16/h2-7H,8H2,1H3,(H,18,19). The summed E-state index contributed by atoms with van der Waals surface area (Å²) in [5.41, 5.74) is 0.719. The summed E-state index contributed by atoms with van der Waals surface area (Å²) in [5, 5.41) is 2.64. The fourth-order valence-electron chi connectivity index (χ4n) is 1.69. The Hall–Kier alpha value is -1.95. The molecule has 0 aliphatic rings. The molecule has 0 saturated heterocycles. The Bertz CT molecular complexity index is 634. The van der Waals surface area contributed by atoms with Crippen LogP contribution in [0.15, 0.2) is 41.0 Å². The Balaban J connectivity index is 2.09. The predicted molar refractivity (Wildman–Crippen MR) is 76.1 cm³/mol. The molecule has 4 nitrogen and oxygen atoms in total. The first-order valence-corrected chi connectivity index (χ1v) is 6.62. The van der Waals surface area contributed by atoms with Gasteiger partial charge < -0.3 is 10.1 Å². The van der Waals surface area contributed by atoms with Gasteiger partial charge in [0.25, 0.3) is 5.91 Å². The SMILES string of the molecule is COc1ncccc1CNC(=O)c1ccc(Br)cc1F. The Morgan fingerprint density at radius 3 is 2.95 bits per heavy atom. The number of nitrogens with one attached hydrogen (secondary N) is 1. The van der Waals surface area contributed by atoms with Crippen LogP contribution in [0.5, 0.6) is 5.88 Å². The second-order valence-electron chi connectivity index (χ2n) is 3.98. The minimum atomic E-state index is -0.574. The minimum Gasteiger partial charge on any atom is -0.481 e. The maximum Gasteiger partial charge on any atom is 0.254 e. The summed E-state index contributed by atoms with van der Waals surface area (Å²) in [5.74, 6) is -0.625. The van der Waals surface area contributed by atoms with Crippen LogP contribution in [0.25, 0.3) is 0 Å². The van der Waals surface area contributed by atoms with Gasteiger partial charge in [-0.05, 0) is 24.3 Å². The minimum absolute atomic E-state index is 0.00365. The van der Waals surface area contributed by atoms with Crippen molar-refractivity contribution in [2.24, 2.45) is 0 Å². The van der Waals surface area contributed by atoms with E-state index in [1.165, 1.54) is 19.2 Å². The molecule has 1 amide bonds. The molecule has 0 spiro atoms. The van der Waals surface area contributed by atoms with Gasteiger partial charge in [-0.3, -0.25) is 4.79 Å². The predicted octanol–water partition coefficient (Wildman–Crippen LogP) is 2.92. The van der Waals surface area contributed by atoms with Crippen molar-refractivity contribution in [2.45, 2.75) is 6.54 Å². The van der Waals surface area contributed by atoms with E-state index in [4.69, 9.17) is 4.74 Å². The number of carbonyl (C=O) groups is 1. The fraction of sp³-hybridized carbons (Fsp3) is 0.143. The molecule has 1 aromatic heterocycles. The van der Waals surface area contributed by atoms with E-state index in [-0.39, 0.29) is 12.1 Å². The monoisotopic (exact) mass is 338 g/mol. The van der Waals surface area contributed by atoms with Gasteiger partial charge in [0.05, 0.1) is 12.7 Å². The Morgan fingerprint density at radius 1 is 1.45 bits per heavy atom. The zero-order chi connectivity index (χ0) is 14.5. The molecule has 0 unspecified atom stereocenters. The Labute approximate surface area is 124 Å². The highest BCUT2D eigenvalue weighted by Gasteiger charge is 2.12. The number of aromatic nitrogens is 1. The van der Waals surface area contributed by atoms with Gasteiger partial charge in [0.15, 0.2) is 0 Å². The molecule has 0 fully saturated rings. The number of methoxy groups -OCH3 is 1. The van der Waals surface area contributed by atoms with Crippen molar-refractivity contribution in [3.63, 3.8) is 0 Å². The van der Waals surface area contributed by atoms with Crippen molar-refractivity contribution in [1.82, 2.24) is 10.3 Å². The van der Waals surface area contributed by atoms with Crippen LogP contribution in [0.3, 0.4) is 0 Å². The van der Waals surface area contributed by atoms with Crippen LogP contribution < -0.4 is 10.1 Å². The highest BCUT2D eigenvalue weighted by molar-refractivity contribution is 9.10. The van der Waals surface area contributed by atoms with Gasteiger partial charge in [0.2, 0.25) is 5.88 Å². The topological polar surface area (TPSA) is 51.2 Å². The average Bonchev–Trinajstić information content (AvgIpc) is 2.45. The van der Waals surface area contributed by atoms with Crippen LogP contribution in [-0.4, -0.2) is 18.0 Å². The molecule has 0 radical (unpaired) electrons. The first-order valence-electron chi connectivity index (χ1n) is 5.83. The summed E-state index contributed by atoms with van der Waals surface area (Å²) in [6.45, 7) is 0.214. The van der Waals surface area contributed by atoms with E-state index in [2.05, 4.69) is 26.2 Å². The molecule has 6 heteroatoms. The van der Waals surface area contributed by atoms with E-state index in [0.717, 1.165) is 5.56 Å². The summed E-state index contributed by atoms with van der Waals surface area (Å²) < 4.78 is 19.3. The first-order chi connectivity index (χ1) is 9.61. The maximum atomic E-state index is 13.6. The highest BCUT2D eigenvalue weighted by atomic mass is 79.9. The van der Waals surface area contributed by atoms with E-state index in [1.54, 1.807) is 24.4 Å². The highest BCUT2D eigenvalue weighted by Crippen LogP contribution is 2.16. The van der Waals surface area contributed by atoms with Crippen LogP contribution in [-0.2, 0) is 6.54 Å². The maximum absolute atomic E-state index is 13.6. The molecule has 104 valence electrons. The van der Waals surface area contributed by atoms with Gasteiger partial charge in [-0.15, -0.1) is 0 Å². The molecule has 2 aromatic rings. The molecule has 1 N–H and O–H groups in total. The Morgan fingerprint density at radius 2 is 2.25 bits per heavy atom. The molecule has 0 bridgehead atoms. The number of carbonyl (C=O) groups excluding carboxylic acids is 1. The number of rotatable bonds is 4. The molecule has 1 heterocycles. The molecule has 2 rings (SSSR count). The second-order valence-corrected chi connectivity index (χ2v) is 4.89. The number of hydrogen-bond acceptors (Lipinski definition) is 3. The number of amides is 1. The number of pyridine rings is 1. The summed E-state index contributed by atoms with van der Waals surface area (Å²) in [6, 6.07) is 7.81. The number of halogens is 2. The molecule has 0 saturated carbocycles. The zero-order valence-corrected chi connectivity index (χ0v) is 12.3. The van der Waals surface area contributed by atoms with Crippen molar-refractivity contribution < 1.29 is 13.9 Å². The summed E-state index contributed by atoms with van der Waals surface area (Å²) in [7, 11) is 1.50. The van der Waals surface area contributed by atoms with E-state index >= 15 is 0 Å². The van der Waals surface area contributed by atoms with E-state index in [1.807, 2.05) is 0 Å². The van der Waals surface area contributed by atoms with Gasteiger partial charge in [0, 0.05) is 22.8 Å². The molecule has 0 atom stereocenters. The lowest BCUT2D eigenvalue weighted by Crippen LogP contribution is -2.24. The van der Waals surface area contributed by atoms with Gasteiger partial charge in [-0.2, -0.15) is 0 Å². The molecule has 1 aromatic carbocycles. The van der Waals surface area contributed by atoms with Crippen LogP contribution >= 0.6 is 15.9 Å². The Kier molecular flexibility index (Phi) is 4.68. The van der Waals surface area contributed by atoms with Crippen molar-refractivity contribution in [3.8, 4) is 5.88 Å². The fourth-order valence-corrected chi connectivity index (χ4v) is 2.02. The van der Waals surface area contributed by atoms with Gasteiger partial charge in [-0.1, -0.05) is 22.0 Å². The number of ether oxygens (including phenoxy) is 1. The van der Waals surface area contributed by atoms with E-state index < -0.39 is 11.7 Å². The van der Waals surface area contributed by atoms with Crippen molar-refractivity contribution in [3.05, 3.63) is 57.9 Å². The summed E-state index contributed by atoms with van der Waals surface area (Å²) in [6.07, 6.45) is 1.60. The molecule has 20 heavy (non-hydrogen) atoms. The zero-order valence-electron chi connectivity index (χ0n) is 10.7. The van der Waals surface area contributed by atoms with Crippen LogP contribution in [0.4, 0.5) is 4.39 Å². The second kappa shape index (κ2) is 6.47. The van der Waals surface area contributed by atoms with E-state index in [0.29, 0.717) is 10.4 Å². The van der Waals surface area contributed by atoms with Crippen LogP contribution in [0, 0.1) is 5.82 Å². The number of benzene rings is 1. The van der Waals surface area contributed by atoms with Crippen LogP contribution in [0.1, 0.15) is 15.9 Å².